The Hall–Kier alpha value is -2.75. The predicted molar refractivity (Wildman–Crippen MR) is 104 cm³/mol. The quantitative estimate of drug-likeness (QED) is 0.328. The van der Waals surface area contributed by atoms with Crippen molar-refractivity contribution in [3.05, 3.63) is 66.2 Å². The molecule has 0 unspecified atom stereocenters. The molecular weight excluding hydrogens is 328 g/mol. The van der Waals surface area contributed by atoms with Crippen LogP contribution in [0.2, 0.25) is 0 Å². The van der Waals surface area contributed by atoms with Gasteiger partial charge >= 0.3 is 0 Å². The molecule has 0 bridgehead atoms. The van der Waals surface area contributed by atoms with Crippen LogP contribution in [0.25, 0.3) is 0 Å². The minimum Gasteiger partial charge on any atom is -0.493 e. The number of Topliss-reactive ketones (excluding diaryl/α,β-unsaturated/α-hetero) is 1. The van der Waals surface area contributed by atoms with E-state index in [2.05, 4.69) is 6.58 Å². The summed E-state index contributed by atoms with van der Waals surface area (Å²) in [6, 6.07) is 13.2. The van der Waals surface area contributed by atoms with Gasteiger partial charge in [-0.05, 0) is 56.0 Å². The maximum absolute atomic E-state index is 11.6. The molecule has 2 rings (SSSR count). The average molecular weight is 354 g/mol. The van der Waals surface area contributed by atoms with Crippen LogP contribution in [0.1, 0.15) is 35.7 Å². The first-order valence-corrected chi connectivity index (χ1v) is 8.79. The van der Waals surface area contributed by atoms with Crippen molar-refractivity contribution in [2.45, 2.75) is 26.2 Å². The van der Waals surface area contributed by atoms with Gasteiger partial charge in [0.05, 0.1) is 25.9 Å². The topological polar surface area (TPSA) is 44.8 Å². The molecule has 4 nitrogen and oxygen atoms in total. The summed E-state index contributed by atoms with van der Waals surface area (Å²) < 4.78 is 16.9. The number of unbranched alkanes of at least 4 members (excludes halogenated alkanes) is 1. The Labute approximate surface area is 155 Å². The van der Waals surface area contributed by atoms with E-state index in [-0.39, 0.29) is 5.78 Å². The zero-order valence-corrected chi connectivity index (χ0v) is 15.5. The summed E-state index contributed by atoms with van der Waals surface area (Å²) in [7, 11) is 1.64. The van der Waals surface area contributed by atoms with Crippen LogP contribution in [0.4, 0.5) is 0 Å². The highest BCUT2D eigenvalue weighted by molar-refractivity contribution is 5.96. The highest BCUT2D eigenvalue weighted by atomic mass is 16.5. The normalized spacial score (nSPS) is 10.2. The van der Waals surface area contributed by atoms with Crippen LogP contribution in [0.5, 0.6) is 17.2 Å². The molecule has 0 heterocycles. The number of ether oxygens (including phenoxy) is 3. The molecule has 2 aromatic rings. The van der Waals surface area contributed by atoms with Gasteiger partial charge < -0.3 is 14.2 Å². The lowest BCUT2D eigenvalue weighted by molar-refractivity contribution is 0.101. The average Bonchev–Trinajstić information content (AvgIpc) is 2.65. The van der Waals surface area contributed by atoms with E-state index in [9.17, 15) is 4.79 Å². The van der Waals surface area contributed by atoms with Crippen molar-refractivity contribution in [1.82, 2.24) is 0 Å². The standard InChI is InChI=1S/C22H26O4/c1-4-9-18-12-13-21(22(16-18)24-3)26-15-8-7-14-25-20-11-6-5-10-19(20)17(2)23/h4-6,10-13,16H,1,7-9,14-15H2,2-3H3. The Morgan fingerprint density at radius 2 is 1.69 bits per heavy atom. The molecule has 0 amide bonds. The first-order chi connectivity index (χ1) is 12.7. The summed E-state index contributed by atoms with van der Waals surface area (Å²) >= 11 is 0. The predicted octanol–water partition coefficient (Wildman–Crippen LogP) is 4.86. The van der Waals surface area contributed by atoms with Gasteiger partial charge in [-0.3, -0.25) is 4.79 Å². The molecule has 0 aliphatic heterocycles. The number of hydrogen-bond donors (Lipinski definition) is 0. The number of benzene rings is 2. The molecule has 4 heteroatoms. The van der Waals surface area contributed by atoms with Gasteiger partial charge in [-0.2, -0.15) is 0 Å². The molecule has 0 spiro atoms. The Bertz CT molecular complexity index is 737. The number of para-hydroxylation sites is 1. The molecule has 138 valence electrons. The SMILES string of the molecule is C=CCc1ccc(OCCCCOc2ccccc2C(C)=O)c(OC)c1. The number of carbonyl (C=O) groups is 1. The minimum absolute atomic E-state index is 0.0101. The van der Waals surface area contributed by atoms with Crippen molar-refractivity contribution in [2.24, 2.45) is 0 Å². The van der Waals surface area contributed by atoms with E-state index in [1.807, 2.05) is 42.5 Å². The highest BCUT2D eigenvalue weighted by Crippen LogP contribution is 2.28. The Morgan fingerprint density at radius 1 is 1.00 bits per heavy atom. The van der Waals surface area contributed by atoms with Crippen LogP contribution in [-0.2, 0) is 6.42 Å². The van der Waals surface area contributed by atoms with E-state index in [1.165, 1.54) is 0 Å². The second-order valence-corrected chi connectivity index (χ2v) is 5.93. The van der Waals surface area contributed by atoms with E-state index < -0.39 is 0 Å². The Kier molecular flexibility index (Phi) is 7.75. The van der Waals surface area contributed by atoms with Gasteiger partial charge in [-0.15, -0.1) is 6.58 Å². The van der Waals surface area contributed by atoms with Gasteiger partial charge in [-0.25, -0.2) is 0 Å². The second kappa shape index (κ2) is 10.3. The van der Waals surface area contributed by atoms with Crippen LogP contribution in [-0.4, -0.2) is 26.1 Å². The van der Waals surface area contributed by atoms with Crippen molar-refractivity contribution in [3.63, 3.8) is 0 Å². The van der Waals surface area contributed by atoms with Gasteiger partial charge in [0, 0.05) is 0 Å². The van der Waals surface area contributed by atoms with Crippen molar-refractivity contribution >= 4 is 5.78 Å². The van der Waals surface area contributed by atoms with E-state index in [1.54, 1.807) is 20.1 Å². The largest absolute Gasteiger partial charge is 0.493 e. The van der Waals surface area contributed by atoms with Crippen LogP contribution in [0, 0.1) is 0 Å². The van der Waals surface area contributed by atoms with Crippen LogP contribution in [0.3, 0.4) is 0 Å². The van der Waals surface area contributed by atoms with Gasteiger partial charge in [-0.1, -0.05) is 24.3 Å². The molecule has 0 N–H and O–H groups in total. The van der Waals surface area contributed by atoms with Gasteiger partial charge in [0.1, 0.15) is 5.75 Å². The summed E-state index contributed by atoms with van der Waals surface area (Å²) in [6.07, 6.45) is 4.35. The summed E-state index contributed by atoms with van der Waals surface area (Å²) in [4.78, 5) is 11.6. The fourth-order valence-corrected chi connectivity index (χ4v) is 2.58. The third-order valence-electron chi connectivity index (χ3n) is 3.93. The maximum Gasteiger partial charge on any atom is 0.163 e. The third-order valence-corrected chi connectivity index (χ3v) is 3.93. The molecule has 0 saturated carbocycles. The van der Waals surface area contributed by atoms with Crippen LogP contribution >= 0.6 is 0 Å². The van der Waals surface area contributed by atoms with E-state index in [0.717, 1.165) is 36.3 Å². The number of rotatable bonds is 11. The first-order valence-electron chi connectivity index (χ1n) is 8.79. The van der Waals surface area contributed by atoms with Gasteiger partial charge in [0.2, 0.25) is 0 Å². The van der Waals surface area contributed by atoms with Crippen molar-refractivity contribution in [2.75, 3.05) is 20.3 Å². The van der Waals surface area contributed by atoms with E-state index in [0.29, 0.717) is 24.5 Å². The summed E-state index contributed by atoms with van der Waals surface area (Å²) in [6.45, 7) is 6.41. The van der Waals surface area contributed by atoms with Crippen molar-refractivity contribution in [3.8, 4) is 17.2 Å². The lowest BCUT2D eigenvalue weighted by atomic mass is 10.1. The van der Waals surface area contributed by atoms with Gasteiger partial charge in [0.25, 0.3) is 0 Å². The van der Waals surface area contributed by atoms with Crippen LogP contribution in [0.15, 0.2) is 55.1 Å². The zero-order chi connectivity index (χ0) is 18.8. The Balaban J connectivity index is 1.76. The zero-order valence-electron chi connectivity index (χ0n) is 15.5. The summed E-state index contributed by atoms with van der Waals surface area (Å²) in [5, 5.41) is 0. The third kappa shape index (κ3) is 5.66. The summed E-state index contributed by atoms with van der Waals surface area (Å²) in [5.41, 5.74) is 1.76. The summed E-state index contributed by atoms with van der Waals surface area (Å²) in [5.74, 6) is 2.12. The second-order valence-electron chi connectivity index (χ2n) is 5.93. The molecule has 0 atom stereocenters. The number of allylic oxidation sites excluding steroid dienone is 1. The first kappa shape index (κ1) is 19.6. The monoisotopic (exact) mass is 354 g/mol. The number of ketones is 1. The maximum atomic E-state index is 11.6. The lowest BCUT2D eigenvalue weighted by Gasteiger charge is -2.12. The van der Waals surface area contributed by atoms with Crippen LogP contribution < -0.4 is 14.2 Å². The van der Waals surface area contributed by atoms with Crippen molar-refractivity contribution < 1.29 is 19.0 Å². The molecular formula is C22H26O4. The molecule has 0 radical (unpaired) electrons. The number of methoxy groups -OCH3 is 1. The molecule has 0 aliphatic rings. The fraction of sp³-hybridized carbons (Fsp3) is 0.318. The molecule has 2 aromatic carbocycles. The highest BCUT2D eigenvalue weighted by Gasteiger charge is 2.07. The minimum atomic E-state index is 0.0101. The molecule has 0 aliphatic carbocycles. The van der Waals surface area contributed by atoms with E-state index in [4.69, 9.17) is 14.2 Å². The van der Waals surface area contributed by atoms with Crippen molar-refractivity contribution in [1.29, 1.82) is 0 Å². The Morgan fingerprint density at radius 3 is 2.35 bits per heavy atom. The van der Waals surface area contributed by atoms with E-state index >= 15 is 0 Å². The fourth-order valence-electron chi connectivity index (χ4n) is 2.58. The number of hydrogen-bond acceptors (Lipinski definition) is 4. The molecule has 0 fully saturated rings. The number of carbonyl (C=O) groups excluding carboxylic acids is 1. The molecule has 0 saturated heterocycles. The molecule has 0 aromatic heterocycles. The lowest BCUT2D eigenvalue weighted by Crippen LogP contribution is -2.05. The molecule has 26 heavy (non-hydrogen) atoms. The van der Waals surface area contributed by atoms with Gasteiger partial charge in [0.15, 0.2) is 17.3 Å². The smallest absolute Gasteiger partial charge is 0.163 e.